The number of esters is 3. The maximum absolute atomic E-state index is 13.1. The van der Waals surface area contributed by atoms with E-state index >= 15 is 0 Å². The Morgan fingerprint density at radius 2 is 1.30 bits per heavy atom. The van der Waals surface area contributed by atoms with E-state index in [1.807, 2.05) is 0 Å². The Hall–Kier alpha value is -1.91. The van der Waals surface area contributed by atoms with Crippen molar-refractivity contribution in [3.8, 4) is 0 Å². The van der Waals surface area contributed by atoms with Gasteiger partial charge in [-0.3, -0.25) is 14.4 Å². The van der Waals surface area contributed by atoms with Gasteiger partial charge in [0.1, 0.15) is 31.0 Å². The summed E-state index contributed by atoms with van der Waals surface area (Å²) in [6, 6.07) is 0. The van der Waals surface area contributed by atoms with Crippen LogP contribution in [0.25, 0.3) is 0 Å². The van der Waals surface area contributed by atoms with Crippen LogP contribution < -0.4 is 0 Å². The van der Waals surface area contributed by atoms with Gasteiger partial charge in [0.15, 0.2) is 18.3 Å². The predicted molar refractivity (Wildman–Crippen MR) is 153 cm³/mol. The molecular weight excluding hydrogens is 584 g/mol. The van der Waals surface area contributed by atoms with Crippen molar-refractivity contribution in [2.45, 2.75) is 141 Å². The molecule has 9 atom stereocenters. The van der Waals surface area contributed by atoms with Crippen LogP contribution in [0.5, 0.6) is 0 Å². The molecule has 2 rings (SSSR count). The largest absolute Gasteiger partial charge is 0.455 e. The zero-order valence-corrected chi connectivity index (χ0v) is 26.5. The highest BCUT2D eigenvalue weighted by Crippen LogP contribution is 2.38. The average molecular weight is 637 g/mol. The van der Waals surface area contributed by atoms with E-state index in [1.54, 1.807) is 27.7 Å². The molecule has 2 heterocycles. The van der Waals surface area contributed by atoms with Crippen LogP contribution in [0.1, 0.15) is 86.0 Å². The first kappa shape index (κ1) is 38.3. The summed E-state index contributed by atoms with van der Waals surface area (Å²) in [4.78, 5) is 38.6. The van der Waals surface area contributed by atoms with E-state index < -0.39 is 104 Å². The van der Waals surface area contributed by atoms with Crippen LogP contribution in [0, 0.1) is 11.8 Å². The van der Waals surface area contributed by atoms with Gasteiger partial charge in [0, 0.05) is 6.42 Å². The number of hydrogen-bond donors (Lipinski definition) is 5. The Balaban J connectivity index is 2.43. The van der Waals surface area contributed by atoms with Gasteiger partial charge in [-0.15, -0.1) is 0 Å². The maximum Gasteiger partial charge on any atom is 0.308 e. The molecule has 0 aromatic rings. The summed E-state index contributed by atoms with van der Waals surface area (Å²) in [6.45, 7) is 5.88. The number of carbonyl (C=O) groups excluding carboxylic acids is 3. The number of carbonyl (C=O) groups is 3. The zero-order valence-electron chi connectivity index (χ0n) is 26.5. The molecule has 0 amide bonds. The normalized spacial score (nSPS) is 32.2. The van der Waals surface area contributed by atoms with Gasteiger partial charge < -0.3 is 54.0 Å². The molecule has 5 N–H and O–H groups in total. The van der Waals surface area contributed by atoms with Gasteiger partial charge in [-0.2, -0.15) is 0 Å². The lowest BCUT2D eigenvalue weighted by molar-refractivity contribution is -0.384. The molecule has 2 aliphatic rings. The lowest BCUT2D eigenvalue weighted by Gasteiger charge is -2.46. The van der Waals surface area contributed by atoms with Crippen LogP contribution in [-0.4, -0.2) is 118 Å². The third kappa shape index (κ3) is 10.0. The standard InChI is InChI=1S/C30H52O14/c1-6-7-8-9-10-11-12-13-21(34)40-25-24(42-28(38)18(4)5)23(41-27(37)17(2)3)20(15-32)39-29(25)44-30(16-33)26(36)22(35)19(14-31)43-30/h17-20,22-26,29,31-33,35-36H,6-16H2,1-5H3/t19-,20-,22+,23+,24-,25-,26+,29+,30+/m0/s1. The summed E-state index contributed by atoms with van der Waals surface area (Å²) in [5.41, 5.74) is 0. The van der Waals surface area contributed by atoms with E-state index in [0.717, 1.165) is 38.5 Å². The van der Waals surface area contributed by atoms with Crippen LogP contribution in [0.15, 0.2) is 0 Å². The van der Waals surface area contributed by atoms with E-state index in [9.17, 15) is 39.9 Å². The Morgan fingerprint density at radius 1 is 0.750 bits per heavy atom. The van der Waals surface area contributed by atoms with Gasteiger partial charge in [-0.1, -0.05) is 73.1 Å². The molecule has 44 heavy (non-hydrogen) atoms. The molecule has 0 aliphatic carbocycles. The molecule has 256 valence electrons. The molecule has 0 saturated carbocycles. The van der Waals surface area contributed by atoms with Crippen LogP contribution in [-0.2, 0) is 42.8 Å². The van der Waals surface area contributed by atoms with Crippen molar-refractivity contribution >= 4 is 17.9 Å². The van der Waals surface area contributed by atoms with Gasteiger partial charge in [0.05, 0.1) is 25.0 Å². The van der Waals surface area contributed by atoms with Gasteiger partial charge in [-0.25, -0.2) is 0 Å². The second kappa shape index (κ2) is 18.3. The first-order valence-corrected chi connectivity index (χ1v) is 15.7. The fraction of sp³-hybridized carbons (Fsp3) is 0.900. The lowest BCUT2D eigenvalue weighted by atomic mass is 9.97. The smallest absolute Gasteiger partial charge is 0.308 e. The Labute approximate surface area is 258 Å². The third-order valence-corrected chi connectivity index (χ3v) is 7.69. The highest BCUT2D eigenvalue weighted by atomic mass is 16.8. The quantitative estimate of drug-likeness (QED) is 0.0798. The Bertz CT molecular complexity index is 897. The van der Waals surface area contributed by atoms with Gasteiger partial charge in [0.25, 0.3) is 0 Å². The molecule has 0 aromatic carbocycles. The molecule has 2 fully saturated rings. The second-order valence-corrected chi connectivity index (χ2v) is 12.0. The molecule has 0 unspecified atom stereocenters. The van der Waals surface area contributed by atoms with Crippen molar-refractivity contribution in [1.29, 1.82) is 0 Å². The minimum atomic E-state index is -2.37. The molecule has 0 spiro atoms. The summed E-state index contributed by atoms with van der Waals surface area (Å²) in [5.74, 6) is -5.78. The predicted octanol–water partition coefficient (Wildman–Crippen LogP) is 0.710. The molecule has 0 bridgehead atoms. The van der Waals surface area contributed by atoms with Crippen molar-refractivity contribution in [3.63, 3.8) is 0 Å². The summed E-state index contributed by atoms with van der Waals surface area (Å²) in [7, 11) is 0. The number of hydrogen-bond acceptors (Lipinski definition) is 14. The van der Waals surface area contributed by atoms with E-state index in [-0.39, 0.29) is 6.42 Å². The Morgan fingerprint density at radius 3 is 1.80 bits per heavy atom. The fourth-order valence-electron chi connectivity index (χ4n) is 4.97. The SMILES string of the molecule is CCCCCCCCCC(=O)O[C@@H]1[C@@H](O[C@@]2(CO)O[C@@H](CO)[C@@H](O)[C@H]2O)O[C@@H](CO)[C@@H](OC(=O)C(C)C)[C@@H]1OC(=O)C(C)C. The van der Waals surface area contributed by atoms with Crippen molar-refractivity contribution in [2.24, 2.45) is 11.8 Å². The molecular formula is C30H52O14. The van der Waals surface area contributed by atoms with Gasteiger partial charge in [-0.05, 0) is 6.42 Å². The fourth-order valence-corrected chi connectivity index (χ4v) is 4.97. The second-order valence-electron chi connectivity index (χ2n) is 12.0. The van der Waals surface area contributed by atoms with Crippen LogP contribution >= 0.6 is 0 Å². The zero-order chi connectivity index (χ0) is 33.0. The van der Waals surface area contributed by atoms with Crippen molar-refractivity contribution in [1.82, 2.24) is 0 Å². The highest BCUT2D eigenvalue weighted by molar-refractivity contribution is 5.73. The number of aliphatic hydroxyl groups excluding tert-OH is 5. The molecule has 2 saturated heterocycles. The summed E-state index contributed by atoms with van der Waals surface area (Å²) in [5, 5.41) is 51.1. The first-order valence-electron chi connectivity index (χ1n) is 15.7. The maximum atomic E-state index is 13.1. The van der Waals surface area contributed by atoms with Crippen molar-refractivity contribution < 1.29 is 68.3 Å². The number of aliphatic hydroxyl groups is 5. The molecule has 0 aromatic heterocycles. The van der Waals surface area contributed by atoms with Crippen molar-refractivity contribution in [2.75, 3.05) is 19.8 Å². The molecule has 0 radical (unpaired) electrons. The average Bonchev–Trinajstić information content (AvgIpc) is 3.23. The van der Waals surface area contributed by atoms with E-state index in [2.05, 4.69) is 6.92 Å². The lowest BCUT2D eigenvalue weighted by Crippen LogP contribution is -2.65. The Kier molecular flexibility index (Phi) is 15.9. The minimum absolute atomic E-state index is 0.00269. The number of rotatable bonds is 18. The number of unbranched alkanes of at least 4 members (excludes halogenated alkanes) is 6. The van der Waals surface area contributed by atoms with E-state index in [0.29, 0.717) is 6.42 Å². The van der Waals surface area contributed by atoms with Gasteiger partial charge in [0.2, 0.25) is 12.1 Å². The summed E-state index contributed by atoms with van der Waals surface area (Å²) < 4.78 is 34.3. The van der Waals surface area contributed by atoms with E-state index in [4.69, 9.17) is 28.4 Å². The third-order valence-electron chi connectivity index (χ3n) is 7.69. The molecule has 2 aliphatic heterocycles. The van der Waals surface area contributed by atoms with Crippen LogP contribution in [0.2, 0.25) is 0 Å². The minimum Gasteiger partial charge on any atom is -0.455 e. The van der Waals surface area contributed by atoms with Gasteiger partial charge >= 0.3 is 17.9 Å². The first-order chi connectivity index (χ1) is 20.8. The summed E-state index contributed by atoms with van der Waals surface area (Å²) >= 11 is 0. The number of ether oxygens (including phenoxy) is 6. The highest BCUT2D eigenvalue weighted by Gasteiger charge is 2.60. The molecule has 14 heteroatoms. The molecule has 14 nitrogen and oxygen atoms in total. The van der Waals surface area contributed by atoms with Crippen LogP contribution in [0.3, 0.4) is 0 Å². The van der Waals surface area contributed by atoms with Crippen LogP contribution in [0.4, 0.5) is 0 Å². The monoisotopic (exact) mass is 636 g/mol. The topological polar surface area (TPSA) is 208 Å². The van der Waals surface area contributed by atoms with Crippen molar-refractivity contribution in [3.05, 3.63) is 0 Å². The van der Waals surface area contributed by atoms with E-state index in [1.165, 1.54) is 0 Å². The summed E-state index contributed by atoms with van der Waals surface area (Å²) in [6.07, 6.45) is -6.03.